The van der Waals surface area contributed by atoms with Gasteiger partial charge in [0.1, 0.15) is 6.10 Å². The molecule has 0 radical (unpaired) electrons. The summed E-state index contributed by atoms with van der Waals surface area (Å²) in [6.45, 7) is 1.97. The van der Waals surface area contributed by atoms with E-state index in [-0.39, 0.29) is 6.54 Å². The van der Waals surface area contributed by atoms with Gasteiger partial charge in [-0.25, -0.2) is 8.78 Å². The van der Waals surface area contributed by atoms with Crippen LogP contribution in [0.5, 0.6) is 0 Å². The van der Waals surface area contributed by atoms with Crippen molar-refractivity contribution in [1.82, 2.24) is 4.90 Å². The molecule has 2 aliphatic rings. The maximum absolute atomic E-state index is 11.9. The lowest BCUT2D eigenvalue weighted by Crippen LogP contribution is -2.52. The smallest absolute Gasteiger partial charge is 0.265 e. The van der Waals surface area contributed by atoms with Crippen molar-refractivity contribution in [2.24, 2.45) is 5.41 Å². The van der Waals surface area contributed by atoms with Crippen LogP contribution in [0.1, 0.15) is 12.8 Å². The average molecular weight is 177 g/mol. The number of hydrogen-bond donors (Lipinski definition) is 1. The molecular formula is C8H13F2NO. The maximum atomic E-state index is 11.9. The monoisotopic (exact) mass is 177 g/mol. The number of likely N-dealkylation sites (tertiary alicyclic amines) is 1. The van der Waals surface area contributed by atoms with E-state index in [0.717, 1.165) is 13.1 Å². The molecule has 1 saturated carbocycles. The third kappa shape index (κ3) is 1.45. The van der Waals surface area contributed by atoms with E-state index in [9.17, 15) is 8.78 Å². The Balaban J connectivity index is 1.68. The predicted octanol–water partition coefficient (Wildman–Crippen LogP) is 0.708. The van der Waals surface area contributed by atoms with Crippen LogP contribution in [-0.2, 0) is 0 Å². The van der Waals surface area contributed by atoms with Gasteiger partial charge in [0.25, 0.3) is 6.43 Å². The van der Waals surface area contributed by atoms with Gasteiger partial charge >= 0.3 is 0 Å². The van der Waals surface area contributed by atoms with Crippen molar-refractivity contribution in [3.8, 4) is 0 Å². The molecule has 4 heteroatoms. The lowest BCUT2D eigenvalue weighted by atomic mass is 9.96. The van der Waals surface area contributed by atoms with Gasteiger partial charge in [-0.15, -0.1) is 0 Å². The second-order valence-electron chi connectivity index (χ2n) is 4.07. The molecule has 1 unspecified atom stereocenters. The van der Waals surface area contributed by atoms with Crippen LogP contribution >= 0.6 is 0 Å². The van der Waals surface area contributed by atoms with E-state index in [1.54, 1.807) is 0 Å². The van der Waals surface area contributed by atoms with Crippen molar-refractivity contribution in [3.63, 3.8) is 0 Å². The Morgan fingerprint density at radius 3 is 2.33 bits per heavy atom. The Labute approximate surface area is 70.2 Å². The molecule has 2 fully saturated rings. The van der Waals surface area contributed by atoms with Crippen molar-refractivity contribution in [3.05, 3.63) is 0 Å². The van der Waals surface area contributed by atoms with E-state index in [1.165, 1.54) is 12.8 Å². The summed E-state index contributed by atoms with van der Waals surface area (Å²) in [5.41, 5.74) is 0.488. The minimum Gasteiger partial charge on any atom is -0.386 e. The third-order valence-electron chi connectivity index (χ3n) is 2.81. The summed E-state index contributed by atoms with van der Waals surface area (Å²) >= 11 is 0. The van der Waals surface area contributed by atoms with Gasteiger partial charge < -0.3 is 5.11 Å². The van der Waals surface area contributed by atoms with Crippen molar-refractivity contribution in [1.29, 1.82) is 0 Å². The number of rotatable bonds is 3. The van der Waals surface area contributed by atoms with Gasteiger partial charge in [0, 0.05) is 19.6 Å². The molecule has 0 aromatic heterocycles. The first-order valence-corrected chi connectivity index (χ1v) is 4.30. The second kappa shape index (κ2) is 2.64. The van der Waals surface area contributed by atoms with Crippen LogP contribution in [0.15, 0.2) is 0 Å². The van der Waals surface area contributed by atoms with E-state index in [4.69, 9.17) is 5.11 Å². The summed E-state index contributed by atoms with van der Waals surface area (Å²) < 4.78 is 23.8. The van der Waals surface area contributed by atoms with Crippen LogP contribution in [0.3, 0.4) is 0 Å². The third-order valence-corrected chi connectivity index (χ3v) is 2.81. The van der Waals surface area contributed by atoms with E-state index in [2.05, 4.69) is 0 Å². The van der Waals surface area contributed by atoms with Crippen LogP contribution < -0.4 is 0 Å². The van der Waals surface area contributed by atoms with Gasteiger partial charge in [-0.3, -0.25) is 4.90 Å². The van der Waals surface area contributed by atoms with Crippen LogP contribution in [0.2, 0.25) is 0 Å². The zero-order valence-corrected chi connectivity index (χ0v) is 6.84. The molecule has 1 saturated heterocycles. The molecule has 1 aliphatic carbocycles. The zero-order valence-electron chi connectivity index (χ0n) is 6.84. The fourth-order valence-electron chi connectivity index (χ4n) is 1.87. The fraction of sp³-hybridized carbons (Fsp3) is 1.00. The summed E-state index contributed by atoms with van der Waals surface area (Å²) in [4.78, 5) is 1.91. The Bertz CT molecular complexity index is 174. The molecule has 1 heterocycles. The number of hydrogen-bond acceptors (Lipinski definition) is 2. The summed E-state index contributed by atoms with van der Waals surface area (Å²) in [5.74, 6) is 0. The van der Waals surface area contributed by atoms with Crippen LogP contribution in [0.25, 0.3) is 0 Å². The molecule has 0 aromatic rings. The highest BCUT2D eigenvalue weighted by molar-refractivity contribution is 5.05. The quantitative estimate of drug-likeness (QED) is 0.686. The molecule has 1 aliphatic heterocycles. The molecule has 2 rings (SSSR count). The summed E-state index contributed by atoms with van der Waals surface area (Å²) in [6, 6.07) is 0. The van der Waals surface area contributed by atoms with Gasteiger partial charge in [0.15, 0.2) is 0 Å². The summed E-state index contributed by atoms with van der Waals surface area (Å²) in [6.07, 6.45) is -1.57. The molecule has 2 nitrogen and oxygen atoms in total. The molecule has 12 heavy (non-hydrogen) atoms. The number of aliphatic hydroxyl groups excluding tert-OH is 1. The van der Waals surface area contributed by atoms with Crippen molar-refractivity contribution < 1.29 is 13.9 Å². The van der Waals surface area contributed by atoms with E-state index >= 15 is 0 Å². The zero-order chi connectivity index (χ0) is 8.77. The normalized spacial score (nSPS) is 29.0. The van der Waals surface area contributed by atoms with Crippen molar-refractivity contribution in [2.45, 2.75) is 25.4 Å². The summed E-state index contributed by atoms with van der Waals surface area (Å²) in [5, 5.41) is 8.86. The lowest BCUT2D eigenvalue weighted by Gasteiger charge is -2.40. The Morgan fingerprint density at radius 1 is 1.33 bits per heavy atom. The minimum absolute atomic E-state index is 0.138. The highest BCUT2D eigenvalue weighted by atomic mass is 19.3. The first-order valence-electron chi connectivity index (χ1n) is 4.30. The number of halogens is 2. The van der Waals surface area contributed by atoms with Gasteiger partial charge in [-0.2, -0.15) is 0 Å². The number of nitrogens with zero attached hydrogens (tertiary/aromatic N) is 1. The topological polar surface area (TPSA) is 23.5 Å². The van der Waals surface area contributed by atoms with Crippen LogP contribution in [0, 0.1) is 5.41 Å². The molecule has 1 spiro atoms. The molecule has 1 atom stereocenters. The minimum atomic E-state index is -2.60. The average Bonchev–Trinajstić information content (AvgIpc) is 2.65. The molecule has 0 amide bonds. The number of alkyl halides is 2. The standard InChI is InChI=1S/C8H13F2NO/c9-7(10)6(12)3-11-4-8(5-11)1-2-8/h6-7,12H,1-5H2. The fourth-order valence-corrected chi connectivity index (χ4v) is 1.87. The molecular weight excluding hydrogens is 164 g/mol. The van der Waals surface area contributed by atoms with Gasteiger partial charge in [0.05, 0.1) is 0 Å². The first-order chi connectivity index (χ1) is 5.61. The molecule has 70 valence electrons. The van der Waals surface area contributed by atoms with E-state index in [0.29, 0.717) is 5.41 Å². The summed E-state index contributed by atoms with van der Waals surface area (Å²) in [7, 11) is 0. The van der Waals surface area contributed by atoms with Crippen LogP contribution in [0.4, 0.5) is 8.78 Å². The SMILES string of the molecule is OC(CN1CC2(CC2)C1)C(F)F. The highest BCUT2D eigenvalue weighted by Gasteiger charge is 2.52. The molecule has 0 bridgehead atoms. The highest BCUT2D eigenvalue weighted by Crippen LogP contribution is 2.52. The Hall–Kier alpha value is -0.220. The Morgan fingerprint density at radius 2 is 1.92 bits per heavy atom. The predicted molar refractivity (Wildman–Crippen MR) is 40.1 cm³/mol. The van der Waals surface area contributed by atoms with E-state index in [1.807, 2.05) is 4.90 Å². The van der Waals surface area contributed by atoms with Crippen LogP contribution in [-0.4, -0.2) is 42.2 Å². The van der Waals surface area contributed by atoms with E-state index < -0.39 is 12.5 Å². The van der Waals surface area contributed by atoms with Gasteiger partial charge in [0.2, 0.25) is 0 Å². The maximum Gasteiger partial charge on any atom is 0.265 e. The molecule has 1 N–H and O–H groups in total. The van der Waals surface area contributed by atoms with Crippen molar-refractivity contribution in [2.75, 3.05) is 19.6 Å². The Kier molecular flexibility index (Phi) is 1.84. The lowest BCUT2D eigenvalue weighted by molar-refractivity contribution is -0.0475. The molecule has 0 aromatic carbocycles. The number of β-amino-alcohol motifs (C(OH)–C–C–N with tert-alkyl or cyclic N) is 1. The van der Waals surface area contributed by atoms with Gasteiger partial charge in [-0.05, 0) is 18.3 Å². The van der Waals surface area contributed by atoms with Gasteiger partial charge in [-0.1, -0.05) is 0 Å². The second-order valence-corrected chi connectivity index (χ2v) is 4.07. The number of aliphatic hydroxyl groups is 1. The van der Waals surface area contributed by atoms with Crippen molar-refractivity contribution >= 4 is 0 Å². The largest absolute Gasteiger partial charge is 0.386 e. The first kappa shape index (κ1) is 8.38.